The van der Waals surface area contributed by atoms with E-state index in [4.69, 9.17) is 4.52 Å². The van der Waals surface area contributed by atoms with Crippen LogP contribution in [0.5, 0.6) is 0 Å². The van der Waals surface area contributed by atoms with Crippen LogP contribution in [-0.4, -0.2) is 45.9 Å². The Morgan fingerprint density at radius 2 is 2.12 bits per heavy atom. The fourth-order valence-corrected chi connectivity index (χ4v) is 4.27. The van der Waals surface area contributed by atoms with Crippen LogP contribution in [-0.2, 0) is 15.8 Å². The number of nitrogens with zero attached hydrogens (tertiary/aromatic N) is 5. The molecule has 0 spiro atoms. The Hall–Kier alpha value is -2.72. The van der Waals surface area contributed by atoms with E-state index in [0.29, 0.717) is 23.0 Å². The summed E-state index contributed by atoms with van der Waals surface area (Å²) in [4.78, 5) is 12.3. The zero-order chi connectivity index (χ0) is 18.1. The lowest BCUT2D eigenvalue weighted by molar-refractivity contribution is 0.216. The summed E-state index contributed by atoms with van der Waals surface area (Å²) in [7, 11) is -3.53. The molecular weight excluding hydrogens is 361 g/mol. The van der Waals surface area contributed by atoms with E-state index in [9.17, 15) is 12.8 Å². The van der Waals surface area contributed by atoms with Gasteiger partial charge in [-0.2, -0.15) is 9.29 Å². The molecule has 0 aliphatic carbocycles. The van der Waals surface area contributed by atoms with Gasteiger partial charge < -0.3 is 4.52 Å². The molecule has 4 rings (SSSR count). The predicted octanol–water partition coefficient (Wildman–Crippen LogP) is 1.59. The van der Waals surface area contributed by atoms with E-state index in [0.717, 1.165) is 0 Å². The van der Waals surface area contributed by atoms with Crippen LogP contribution in [0.15, 0.2) is 47.4 Å². The third kappa shape index (κ3) is 3.33. The minimum atomic E-state index is -3.53. The SMILES string of the molecule is O=S(=O)(Cc1cccc(F)c1)N1CC(c2nc(-c3cnccn3)no2)C1. The molecule has 1 aliphatic rings. The van der Waals surface area contributed by atoms with Gasteiger partial charge in [0, 0.05) is 25.5 Å². The second kappa shape index (κ2) is 6.54. The zero-order valence-electron chi connectivity index (χ0n) is 13.5. The smallest absolute Gasteiger partial charge is 0.232 e. The van der Waals surface area contributed by atoms with Gasteiger partial charge in [-0.3, -0.25) is 4.98 Å². The summed E-state index contributed by atoms with van der Waals surface area (Å²) in [5, 5.41) is 3.86. The van der Waals surface area contributed by atoms with E-state index in [1.807, 2.05) is 0 Å². The highest BCUT2D eigenvalue weighted by Gasteiger charge is 2.39. The molecule has 3 heterocycles. The molecule has 1 aliphatic heterocycles. The summed E-state index contributed by atoms with van der Waals surface area (Å²) in [6.07, 6.45) is 4.58. The maximum absolute atomic E-state index is 13.2. The second-order valence-corrected chi connectivity index (χ2v) is 7.92. The average molecular weight is 375 g/mol. The van der Waals surface area contributed by atoms with E-state index in [-0.39, 0.29) is 24.8 Å². The highest BCUT2D eigenvalue weighted by molar-refractivity contribution is 7.88. The molecule has 0 saturated carbocycles. The van der Waals surface area contributed by atoms with Crippen molar-refractivity contribution in [2.24, 2.45) is 0 Å². The third-order valence-electron chi connectivity index (χ3n) is 4.06. The van der Waals surface area contributed by atoms with Gasteiger partial charge in [0.2, 0.25) is 21.7 Å². The van der Waals surface area contributed by atoms with Gasteiger partial charge in [-0.1, -0.05) is 17.3 Å². The van der Waals surface area contributed by atoms with Crippen molar-refractivity contribution in [2.75, 3.05) is 13.1 Å². The van der Waals surface area contributed by atoms with Crippen LogP contribution in [0.25, 0.3) is 11.5 Å². The molecule has 3 aromatic rings. The molecule has 10 heteroatoms. The van der Waals surface area contributed by atoms with E-state index < -0.39 is 15.8 Å². The number of rotatable bonds is 5. The minimum Gasteiger partial charge on any atom is -0.339 e. The Balaban J connectivity index is 1.41. The normalized spacial score (nSPS) is 15.7. The average Bonchev–Trinajstić information content (AvgIpc) is 3.03. The summed E-state index contributed by atoms with van der Waals surface area (Å²) in [6.45, 7) is 0.500. The first-order valence-corrected chi connectivity index (χ1v) is 9.44. The first-order valence-electron chi connectivity index (χ1n) is 7.83. The summed E-state index contributed by atoms with van der Waals surface area (Å²) >= 11 is 0. The molecule has 0 bridgehead atoms. The largest absolute Gasteiger partial charge is 0.339 e. The molecule has 134 valence electrons. The fraction of sp³-hybridized carbons (Fsp3) is 0.250. The van der Waals surface area contributed by atoms with Crippen LogP contribution >= 0.6 is 0 Å². The Labute approximate surface area is 148 Å². The minimum absolute atomic E-state index is 0.171. The van der Waals surface area contributed by atoms with Crippen molar-refractivity contribution in [3.63, 3.8) is 0 Å². The summed E-state index contributed by atoms with van der Waals surface area (Å²) in [6, 6.07) is 5.58. The Morgan fingerprint density at radius 3 is 2.85 bits per heavy atom. The van der Waals surface area contributed by atoms with Crippen molar-refractivity contribution in [1.29, 1.82) is 0 Å². The van der Waals surface area contributed by atoms with Crippen molar-refractivity contribution in [2.45, 2.75) is 11.7 Å². The van der Waals surface area contributed by atoms with E-state index in [2.05, 4.69) is 20.1 Å². The van der Waals surface area contributed by atoms with Gasteiger partial charge in [0.05, 0.1) is 17.9 Å². The first kappa shape index (κ1) is 16.7. The number of hydrogen-bond donors (Lipinski definition) is 0. The lowest BCUT2D eigenvalue weighted by Crippen LogP contribution is -2.48. The topological polar surface area (TPSA) is 102 Å². The molecule has 0 atom stereocenters. The van der Waals surface area contributed by atoms with Crippen molar-refractivity contribution in [1.82, 2.24) is 24.4 Å². The van der Waals surface area contributed by atoms with E-state index >= 15 is 0 Å². The highest BCUT2D eigenvalue weighted by atomic mass is 32.2. The fourth-order valence-electron chi connectivity index (χ4n) is 2.67. The van der Waals surface area contributed by atoms with Crippen LogP contribution in [0.2, 0.25) is 0 Å². The monoisotopic (exact) mass is 375 g/mol. The lowest BCUT2D eigenvalue weighted by Gasteiger charge is -2.35. The number of benzene rings is 1. The molecule has 0 N–H and O–H groups in total. The van der Waals surface area contributed by atoms with Gasteiger partial charge in [-0.05, 0) is 17.7 Å². The molecule has 8 nitrogen and oxygen atoms in total. The van der Waals surface area contributed by atoms with Gasteiger partial charge in [0.15, 0.2) is 0 Å². The molecule has 1 aromatic carbocycles. The van der Waals surface area contributed by atoms with Gasteiger partial charge in [-0.15, -0.1) is 0 Å². The number of aromatic nitrogens is 4. The first-order chi connectivity index (χ1) is 12.5. The number of halogens is 1. The summed E-state index contributed by atoms with van der Waals surface area (Å²) in [5.74, 6) is -0.194. The lowest BCUT2D eigenvalue weighted by atomic mass is 10.0. The molecule has 1 fully saturated rings. The Bertz CT molecular complexity index is 1020. The standard InChI is InChI=1S/C16H14FN5O3S/c17-13-3-1-2-11(6-13)10-26(23,24)22-8-12(9-22)16-20-15(21-25-16)14-7-18-4-5-19-14/h1-7,12H,8-10H2. The zero-order valence-corrected chi connectivity index (χ0v) is 14.3. The van der Waals surface area contributed by atoms with Gasteiger partial charge in [0.1, 0.15) is 11.5 Å². The van der Waals surface area contributed by atoms with Crippen LogP contribution < -0.4 is 0 Å². The van der Waals surface area contributed by atoms with E-state index in [1.54, 1.807) is 6.07 Å². The third-order valence-corrected chi connectivity index (χ3v) is 5.85. The number of sulfonamides is 1. The molecule has 0 radical (unpaired) electrons. The maximum Gasteiger partial charge on any atom is 0.232 e. The van der Waals surface area contributed by atoms with Crippen LogP contribution in [0.4, 0.5) is 4.39 Å². The predicted molar refractivity (Wildman–Crippen MR) is 88.7 cm³/mol. The quantitative estimate of drug-likeness (QED) is 0.667. The molecular formula is C16H14FN5O3S. The van der Waals surface area contributed by atoms with E-state index in [1.165, 1.54) is 41.1 Å². The highest BCUT2D eigenvalue weighted by Crippen LogP contribution is 2.30. The summed E-state index contributed by atoms with van der Waals surface area (Å²) in [5.41, 5.74) is 0.897. The molecule has 2 aromatic heterocycles. The Morgan fingerprint density at radius 1 is 1.27 bits per heavy atom. The molecule has 1 saturated heterocycles. The Kier molecular flexibility index (Phi) is 4.21. The molecule has 0 amide bonds. The van der Waals surface area contributed by atoms with Crippen molar-refractivity contribution < 1.29 is 17.3 Å². The van der Waals surface area contributed by atoms with Crippen molar-refractivity contribution in [3.05, 3.63) is 60.1 Å². The molecule has 0 unspecified atom stereocenters. The van der Waals surface area contributed by atoms with Crippen LogP contribution in [0, 0.1) is 5.82 Å². The summed E-state index contributed by atoms with van der Waals surface area (Å²) < 4.78 is 44.6. The van der Waals surface area contributed by atoms with Crippen LogP contribution in [0.1, 0.15) is 17.4 Å². The molecule has 26 heavy (non-hydrogen) atoms. The van der Waals surface area contributed by atoms with Crippen molar-refractivity contribution >= 4 is 10.0 Å². The van der Waals surface area contributed by atoms with Crippen LogP contribution in [0.3, 0.4) is 0 Å². The van der Waals surface area contributed by atoms with Gasteiger partial charge in [0.25, 0.3) is 0 Å². The van der Waals surface area contributed by atoms with Gasteiger partial charge in [-0.25, -0.2) is 17.8 Å². The number of hydrogen-bond acceptors (Lipinski definition) is 7. The van der Waals surface area contributed by atoms with Gasteiger partial charge >= 0.3 is 0 Å². The van der Waals surface area contributed by atoms with Crippen molar-refractivity contribution in [3.8, 4) is 11.5 Å². The maximum atomic E-state index is 13.2. The second-order valence-electron chi connectivity index (χ2n) is 5.95.